The Kier molecular flexibility index (Phi) is 12.6. The number of carbonyl (C=O) groups excluding carboxylic acids is 2. The standard InChI is InChI=1S/C29H40O7/c1-4-7-8-15-20-28(32,6-3)36-29(35-21-5-2,26(30)33-22-24-16-11-9-12-17-24)27(31)34-23-25-18-13-10-14-19-25/h9-14,16-19,32H,4-8,15,20-23H2,1-3H3. The average Bonchev–Trinajstić information content (AvgIpc) is 2.92. The van der Waals surface area contributed by atoms with Gasteiger partial charge in [0, 0.05) is 6.42 Å². The van der Waals surface area contributed by atoms with Gasteiger partial charge >= 0.3 is 17.7 Å². The molecule has 0 fully saturated rings. The molecule has 2 aromatic rings. The highest BCUT2D eigenvalue weighted by molar-refractivity contribution is 6.02. The second-order valence-corrected chi connectivity index (χ2v) is 8.80. The molecule has 0 heterocycles. The third-order valence-corrected chi connectivity index (χ3v) is 5.78. The van der Waals surface area contributed by atoms with E-state index < -0.39 is 23.5 Å². The van der Waals surface area contributed by atoms with Crippen LogP contribution < -0.4 is 0 Å². The molecule has 1 atom stereocenters. The highest BCUT2D eigenvalue weighted by Gasteiger charge is 2.57. The first-order valence-electron chi connectivity index (χ1n) is 12.9. The maximum Gasteiger partial charge on any atom is 0.379 e. The van der Waals surface area contributed by atoms with Crippen molar-refractivity contribution >= 4 is 11.9 Å². The van der Waals surface area contributed by atoms with Crippen molar-refractivity contribution in [3.8, 4) is 0 Å². The van der Waals surface area contributed by atoms with E-state index in [2.05, 4.69) is 6.92 Å². The fraction of sp³-hybridized carbons (Fsp3) is 0.517. The van der Waals surface area contributed by atoms with Gasteiger partial charge in [-0.05, 0) is 30.4 Å². The first-order chi connectivity index (χ1) is 17.4. The maximum absolute atomic E-state index is 13.5. The van der Waals surface area contributed by atoms with Crippen LogP contribution in [0.15, 0.2) is 60.7 Å². The molecule has 0 radical (unpaired) electrons. The molecular weight excluding hydrogens is 460 g/mol. The molecule has 0 saturated carbocycles. The van der Waals surface area contributed by atoms with Gasteiger partial charge in [0.2, 0.25) is 0 Å². The predicted molar refractivity (Wildman–Crippen MR) is 137 cm³/mol. The minimum atomic E-state index is -2.56. The number of hydrogen-bond acceptors (Lipinski definition) is 7. The molecule has 1 unspecified atom stereocenters. The summed E-state index contributed by atoms with van der Waals surface area (Å²) in [5.74, 6) is -6.45. The van der Waals surface area contributed by atoms with Crippen molar-refractivity contribution in [2.24, 2.45) is 0 Å². The van der Waals surface area contributed by atoms with Crippen molar-refractivity contribution in [3.63, 3.8) is 0 Å². The molecule has 0 aromatic heterocycles. The van der Waals surface area contributed by atoms with E-state index in [-0.39, 0.29) is 32.7 Å². The number of ether oxygens (including phenoxy) is 4. The van der Waals surface area contributed by atoms with Crippen LogP contribution >= 0.6 is 0 Å². The molecule has 0 amide bonds. The smallest absolute Gasteiger partial charge is 0.379 e. The Morgan fingerprint density at radius 3 is 1.72 bits per heavy atom. The summed E-state index contributed by atoms with van der Waals surface area (Å²) in [5.41, 5.74) is 1.47. The summed E-state index contributed by atoms with van der Waals surface area (Å²) < 4.78 is 22.7. The lowest BCUT2D eigenvalue weighted by atomic mass is 10.0. The zero-order chi connectivity index (χ0) is 26.3. The number of benzene rings is 2. The van der Waals surface area contributed by atoms with Crippen molar-refractivity contribution in [3.05, 3.63) is 71.8 Å². The molecule has 2 rings (SSSR count). The Hall–Kier alpha value is -2.74. The zero-order valence-corrected chi connectivity index (χ0v) is 21.7. The van der Waals surface area contributed by atoms with Crippen LogP contribution in [0.2, 0.25) is 0 Å². The molecule has 0 bridgehead atoms. The third-order valence-electron chi connectivity index (χ3n) is 5.78. The lowest BCUT2D eigenvalue weighted by molar-refractivity contribution is -0.336. The van der Waals surface area contributed by atoms with Gasteiger partial charge in [0.25, 0.3) is 0 Å². The van der Waals surface area contributed by atoms with E-state index in [9.17, 15) is 14.7 Å². The van der Waals surface area contributed by atoms with Gasteiger partial charge in [-0.3, -0.25) is 4.74 Å². The van der Waals surface area contributed by atoms with Gasteiger partial charge in [0.05, 0.1) is 6.61 Å². The summed E-state index contributed by atoms with van der Waals surface area (Å²) in [6.07, 6.45) is 4.49. The van der Waals surface area contributed by atoms with Crippen molar-refractivity contribution in [1.29, 1.82) is 0 Å². The molecule has 7 nitrogen and oxygen atoms in total. The van der Waals surface area contributed by atoms with Crippen LogP contribution in [0.3, 0.4) is 0 Å². The fourth-order valence-corrected chi connectivity index (χ4v) is 3.59. The number of carbonyl (C=O) groups is 2. The van der Waals surface area contributed by atoms with Crippen LogP contribution in [0.25, 0.3) is 0 Å². The van der Waals surface area contributed by atoms with E-state index in [1.54, 1.807) is 31.2 Å². The quantitative estimate of drug-likeness (QED) is 0.129. The van der Waals surface area contributed by atoms with E-state index in [0.717, 1.165) is 30.4 Å². The lowest BCUT2D eigenvalue weighted by Crippen LogP contribution is -2.58. The van der Waals surface area contributed by atoms with E-state index in [1.165, 1.54) is 0 Å². The van der Waals surface area contributed by atoms with Crippen molar-refractivity contribution in [2.45, 2.75) is 90.5 Å². The van der Waals surface area contributed by atoms with Gasteiger partial charge in [0.1, 0.15) is 13.2 Å². The Balaban J connectivity index is 2.33. The minimum absolute atomic E-state index is 0.0243. The molecule has 2 aromatic carbocycles. The van der Waals surface area contributed by atoms with Crippen molar-refractivity contribution < 1.29 is 33.6 Å². The van der Waals surface area contributed by atoms with Gasteiger partial charge in [-0.1, -0.05) is 101 Å². The second kappa shape index (κ2) is 15.4. The Morgan fingerprint density at radius 2 is 1.28 bits per heavy atom. The predicted octanol–water partition coefficient (Wildman–Crippen LogP) is 5.68. The zero-order valence-electron chi connectivity index (χ0n) is 21.7. The summed E-state index contributed by atoms with van der Waals surface area (Å²) >= 11 is 0. The van der Waals surface area contributed by atoms with Gasteiger partial charge in [0.15, 0.2) is 5.79 Å². The number of hydrogen-bond donors (Lipinski definition) is 1. The molecule has 198 valence electrons. The van der Waals surface area contributed by atoms with Crippen molar-refractivity contribution in [2.75, 3.05) is 6.61 Å². The maximum atomic E-state index is 13.5. The Labute approximate surface area is 214 Å². The number of rotatable bonds is 17. The minimum Gasteiger partial charge on any atom is -0.456 e. The molecular formula is C29H40O7. The number of esters is 2. The SMILES string of the molecule is CCCCCCC(O)(CC)OC(OCCC)(C(=O)OCc1ccccc1)C(=O)OCc1ccccc1. The molecule has 0 saturated heterocycles. The highest BCUT2D eigenvalue weighted by atomic mass is 16.8. The number of unbranched alkanes of at least 4 members (excludes halogenated alkanes) is 3. The first kappa shape index (κ1) is 29.5. The van der Waals surface area contributed by atoms with Crippen LogP contribution in [-0.2, 0) is 41.8 Å². The van der Waals surface area contributed by atoms with Crippen LogP contribution in [0.5, 0.6) is 0 Å². The van der Waals surface area contributed by atoms with Gasteiger partial charge in [-0.25, -0.2) is 9.59 Å². The molecule has 0 spiro atoms. The van der Waals surface area contributed by atoms with Crippen LogP contribution in [0.4, 0.5) is 0 Å². The summed E-state index contributed by atoms with van der Waals surface area (Å²) in [6.45, 7) is 5.51. The summed E-state index contributed by atoms with van der Waals surface area (Å²) in [5, 5.41) is 11.3. The molecule has 36 heavy (non-hydrogen) atoms. The largest absolute Gasteiger partial charge is 0.456 e. The average molecular weight is 501 g/mol. The van der Waals surface area contributed by atoms with Crippen LogP contribution in [0.1, 0.15) is 76.8 Å². The lowest BCUT2D eigenvalue weighted by Gasteiger charge is -2.37. The topological polar surface area (TPSA) is 91.3 Å². The van der Waals surface area contributed by atoms with Gasteiger partial charge < -0.3 is 19.3 Å². The molecule has 0 aliphatic carbocycles. The van der Waals surface area contributed by atoms with E-state index in [1.807, 2.05) is 43.3 Å². The van der Waals surface area contributed by atoms with Crippen LogP contribution in [0, 0.1) is 0 Å². The monoisotopic (exact) mass is 500 g/mol. The van der Waals surface area contributed by atoms with E-state index in [4.69, 9.17) is 18.9 Å². The summed E-state index contributed by atoms with van der Waals surface area (Å²) in [4.78, 5) is 27.0. The Bertz CT molecular complexity index is 845. The molecule has 1 N–H and O–H groups in total. The summed E-state index contributed by atoms with van der Waals surface area (Å²) in [6, 6.07) is 18.2. The number of aliphatic hydroxyl groups is 1. The molecule has 0 aliphatic heterocycles. The molecule has 7 heteroatoms. The fourth-order valence-electron chi connectivity index (χ4n) is 3.59. The summed E-state index contributed by atoms with van der Waals surface area (Å²) in [7, 11) is 0. The van der Waals surface area contributed by atoms with E-state index in [0.29, 0.717) is 12.8 Å². The van der Waals surface area contributed by atoms with Gasteiger partial charge in [-0.15, -0.1) is 0 Å². The van der Waals surface area contributed by atoms with Crippen molar-refractivity contribution in [1.82, 2.24) is 0 Å². The normalized spacial score (nSPS) is 13.1. The highest BCUT2D eigenvalue weighted by Crippen LogP contribution is 2.31. The van der Waals surface area contributed by atoms with Crippen LogP contribution in [-0.4, -0.2) is 35.2 Å². The third kappa shape index (κ3) is 9.04. The van der Waals surface area contributed by atoms with Gasteiger partial charge in [-0.2, -0.15) is 0 Å². The van der Waals surface area contributed by atoms with E-state index >= 15 is 0 Å². The Morgan fingerprint density at radius 1 is 0.750 bits per heavy atom. The second-order valence-electron chi connectivity index (χ2n) is 8.80. The molecule has 0 aliphatic rings. The first-order valence-corrected chi connectivity index (χ1v) is 12.9.